The number of aliphatic carboxylic acids is 1. The number of hydrogen-bond acceptors (Lipinski definition) is 4. The zero-order valence-electron chi connectivity index (χ0n) is 13.4. The molecule has 0 radical (unpaired) electrons. The summed E-state index contributed by atoms with van der Waals surface area (Å²) in [6, 6.07) is 6.19. The Hall–Kier alpha value is -2.70. The first-order chi connectivity index (χ1) is 11.5. The number of nitrogens with zero attached hydrogens (tertiary/aromatic N) is 2. The fourth-order valence-corrected chi connectivity index (χ4v) is 2.31. The Morgan fingerprint density at radius 1 is 1.33 bits per heavy atom. The minimum atomic E-state index is -1.05. The third kappa shape index (κ3) is 4.65. The maximum atomic E-state index is 13.7. The molecular formula is C17H19FN2O4. The molecule has 0 aliphatic rings. The van der Waals surface area contributed by atoms with Crippen LogP contribution in [-0.4, -0.2) is 40.0 Å². The lowest BCUT2D eigenvalue weighted by Crippen LogP contribution is -2.36. The maximum Gasteiger partial charge on any atom is 0.323 e. The highest BCUT2D eigenvalue weighted by Gasteiger charge is 2.17. The molecule has 0 bridgehead atoms. The Morgan fingerprint density at radius 3 is 2.75 bits per heavy atom. The van der Waals surface area contributed by atoms with Gasteiger partial charge >= 0.3 is 5.97 Å². The van der Waals surface area contributed by atoms with Crippen LogP contribution in [0.5, 0.6) is 0 Å². The molecule has 0 spiro atoms. The zero-order valence-corrected chi connectivity index (χ0v) is 13.4. The van der Waals surface area contributed by atoms with Crippen molar-refractivity contribution in [1.82, 2.24) is 9.88 Å². The number of aryl methyl sites for hydroxylation is 1. The molecule has 0 saturated carbocycles. The lowest BCUT2D eigenvalue weighted by molar-refractivity contribution is -0.144. The van der Waals surface area contributed by atoms with Crippen molar-refractivity contribution in [1.29, 1.82) is 0 Å². The molecule has 24 heavy (non-hydrogen) atoms. The van der Waals surface area contributed by atoms with E-state index in [0.717, 1.165) is 0 Å². The van der Waals surface area contributed by atoms with E-state index in [9.17, 15) is 14.0 Å². The van der Waals surface area contributed by atoms with Crippen LogP contribution < -0.4 is 0 Å². The molecule has 7 heteroatoms. The van der Waals surface area contributed by atoms with Crippen molar-refractivity contribution in [3.05, 3.63) is 42.2 Å². The van der Waals surface area contributed by atoms with Gasteiger partial charge in [-0.2, -0.15) is 0 Å². The van der Waals surface area contributed by atoms with Gasteiger partial charge in [0.05, 0.1) is 11.8 Å². The average Bonchev–Trinajstić information content (AvgIpc) is 3.01. The molecule has 2 rings (SSSR count). The van der Waals surface area contributed by atoms with E-state index in [1.807, 2.05) is 6.92 Å². The standard InChI is InChI=1S/C17H19FN2O4/c1-2-9-20(11-17(22)23)16(21)8-7-15-19-10-14(24-15)12-5-3-4-6-13(12)18/h3-6,10H,2,7-9,11H2,1H3,(H,22,23). The normalized spacial score (nSPS) is 10.6. The van der Waals surface area contributed by atoms with Gasteiger partial charge in [0.25, 0.3) is 0 Å². The summed E-state index contributed by atoms with van der Waals surface area (Å²) < 4.78 is 19.2. The van der Waals surface area contributed by atoms with Gasteiger partial charge in [0.2, 0.25) is 5.91 Å². The van der Waals surface area contributed by atoms with Crippen molar-refractivity contribution in [2.24, 2.45) is 0 Å². The van der Waals surface area contributed by atoms with E-state index in [2.05, 4.69) is 4.98 Å². The van der Waals surface area contributed by atoms with Crippen LogP contribution in [-0.2, 0) is 16.0 Å². The van der Waals surface area contributed by atoms with E-state index in [0.29, 0.717) is 30.2 Å². The van der Waals surface area contributed by atoms with Crippen molar-refractivity contribution in [2.75, 3.05) is 13.1 Å². The van der Waals surface area contributed by atoms with Gasteiger partial charge in [0, 0.05) is 19.4 Å². The van der Waals surface area contributed by atoms with Crippen LogP contribution in [0.15, 0.2) is 34.9 Å². The molecule has 128 valence electrons. The first kappa shape index (κ1) is 17.7. The number of halogens is 1. The summed E-state index contributed by atoms with van der Waals surface area (Å²) in [7, 11) is 0. The van der Waals surface area contributed by atoms with Gasteiger partial charge < -0.3 is 14.4 Å². The van der Waals surface area contributed by atoms with Crippen molar-refractivity contribution < 1.29 is 23.5 Å². The van der Waals surface area contributed by atoms with E-state index in [4.69, 9.17) is 9.52 Å². The highest BCUT2D eigenvalue weighted by Crippen LogP contribution is 2.23. The van der Waals surface area contributed by atoms with Crippen molar-refractivity contribution in [2.45, 2.75) is 26.2 Å². The van der Waals surface area contributed by atoms with Gasteiger partial charge in [-0.1, -0.05) is 19.1 Å². The SMILES string of the molecule is CCCN(CC(=O)O)C(=O)CCc1ncc(-c2ccccc2F)o1. The number of oxazole rings is 1. The fourth-order valence-electron chi connectivity index (χ4n) is 2.31. The highest BCUT2D eigenvalue weighted by atomic mass is 19.1. The molecule has 1 heterocycles. The largest absolute Gasteiger partial charge is 0.480 e. The van der Waals surface area contributed by atoms with E-state index in [1.165, 1.54) is 17.2 Å². The van der Waals surface area contributed by atoms with Gasteiger partial charge in [-0.15, -0.1) is 0 Å². The Labute approximate surface area is 138 Å². The Kier molecular flexibility index (Phi) is 6.06. The summed E-state index contributed by atoms with van der Waals surface area (Å²) in [6.07, 6.45) is 2.41. The summed E-state index contributed by atoms with van der Waals surface area (Å²) in [5.41, 5.74) is 0.307. The molecule has 0 aliphatic carbocycles. The Morgan fingerprint density at radius 2 is 2.08 bits per heavy atom. The molecule has 1 N–H and O–H groups in total. The number of rotatable bonds is 8. The molecule has 1 amide bonds. The quantitative estimate of drug-likeness (QED) is 0.802. The fraction of sp³-hybridized carbons (Fsp3) is 0.353. The summed E-state index contributed by atoms with van der Waals surface area (Å²) in [5.74, 6) is -1.12. The number of amides is 1. The number of carboxylic acid groups (broad SMARTS) is 1. The number of carbonyl (C=O) groups excluding carboxylic acids is 1. The van der Waals surface area contributed by atoms with Crippen LogP contribution >= 0.6 is 0 Å². The second kappa shape index (κ2) is 8.24. The van der Waals surface area contributed by atoms with E-state index in [1.54, 1.807) is 18.2 Å². The van der Waals surface area contributed by atoms with Gasteiger partial charge in [-0.3, -0.25) is 9.59 Å². The molecule has 1 aromatic heterocycles. The van der Waals surface area contributed by atoms with Crippen LogP contribution in [0.25, 0.3) is 11.3 Å². The molecule has 0 unspecified atom stereocenters. The van der Waals surface area contributed by atoms with Crippen molar-refractivity contribution in [3.63, 3.8) is 0 Å². The number of carbonyl (C=O) groups is 2. The van der Waals surface area contributed by atoms with Crippen LogP contribution in [0.4, 0.5) is 4.39 Å². The van der Waals surface area contributed by atoms with Crippen LogP contribution in [0.2, 0.25) is 0 Å². The second-order valence-electron chi connectivity index (χ2n) is 5.31. The van der Waals surface area contributed by atoms with E-state index >= 15 is 0 Å². The third-order valence-corrected chi connectivity index (χ3v) is 3.42. The predicted molar refractivity (Wildman–Crippen MR) is 84.7 cm³/mol. The first-order valence-corrected chi connectivity index (χ1v) is 7.70. The van der Waals surface area contributed by atoms with E-state index < -0.39 is 11.8 Å². The van der Waals surface area contributed by atoms with Crippen LogP contribution in [0, 0.1) is 5.82 Å². The van der Waals surface area contributed by atoms with Gasteiger partial charge in [-0.05, 0) is 18.6 Å². The van der Waals surface area contributed by atoms with Gasteiger partial charge in [0.1, 0.15) is 12.4 Å². The van der Waals surface area contributed by atoms with Gasteiger partial charge in [-0.25, -0.2) is 9.37 Å². The van der Waals surface area contributed by atoms with Crippen LogP contribution in [0.1, 0.15) is 25.7 Å². The van der Waals surface area contributed by atoms with E-state index in [-0.39, 0.29) is 25.3 Å². The molecule has 0 atom stereocenters. The molecule has 6 nitrogen and oxygen atoms in total. The molecule has 0 aliphatic heterocycles. The zero-order chi connectivity index (χ0) is 17.5. The average molecular weight is 334 g/mol. The molecule has 1 aromatic carbocycles. The predicted octanol–water partition coefficient (Wildman–Crippen LogP) is 2.74. The lowest BCUT2D eigenvalue weighted by atomic mass is 10.2. The lowest BCUT2D eigenvalue weighted by Gasteiger charge is -2.19. The van der Waals surface area contributed by atoms with Crippen LogP contribution in [0.3, 0.4) is 0 Å². The maximum absolute atomic E-state index is 13.7. The third-order valence-electron chi connectivity index (χ3n) is 3.42. The topological polar surface area (TPSA) is 83.6 Å². The Balaban J connectivity index is 1.98. The smallest absolute Gasteiger partial charge is 0.323 e. The molecule has 0 fully saturated rings. The summed E-state index contributed by atoms with van der Waals surface area (Å²) >= 11 is 0. The molecule has 2 aromatic rings. The highest BCUT2D eigenvalue weighted by molar-refractivity contribution is 5.81. The summed E-state index contributed by atoms with van der Waals surface area (Å²) in [4.78, 5) is 28.2. The number of carboxylic acids is 1. The summed E-state index contributed by atoms with van der Waals surface area (Å²) in [5, 5.41) is 8.84. The molecule has 0 saturated heterocycles. The first-order valence-electron chi connectivity index (χ1n) is 7.70. The molecular weight excluding hydrogens is 315 g/mol. The van der Waals surface area contributed by atoms with Crippen molar-refractivity contribution >= 4 is 11.9 Å². The Bertz CT molecular complexity index is 714. The minimum absolute atomic E-state index is 0.0878. The van der Waals surface area contributed by atoms with Gasteiger partial charge in [0.15, 0.2) is 11.7 Å². The number of benzene rings is 1. The second-order valence-corrected chi connectivity index (χ2v) is 5.31. The number of aromatic nitrogens is 1. The monoisotopic (exact) mass is 334 g/mol. The summed E-state index contributed by atoms with van der Waals surface area (Å²) in [6.45, 7) is 1.94. The number of hydrogen-bond donors (Lipinski definition) is 1. The minimum Gasteiger partial charge on any atom is -0.480 e. The van der Waals surface area contributed by atoms with Crippen molar-refractivity contribution in [3.8, 4) is 11.3 Å².